The molecule has 1 aromatic rings. The Bertz CT molecular complexity index is 172. The molecule has 0 N–H and O–H groups in total. The molecule has 45 valence electrons. The van der Waals surface area contributed by atoms with Crippen molar-refractivity contribution in [2.45, 2.75) is 5.52 Å². The molecule has 1 aromatic carbocycles. The molecule has 9 heavy (non-hydrogen) atoms. The summed E-state index contributed by atoms with van der Waals surface area (Å²) < 4.78 is 1.54. The zero-order chi connectivity index (χ0) is 6.69. The maximum atomic E-state index is 3.69. The second kappa shape index (κ2) is 3.48. The molecule has 0 aliphatic heterocycles. The van der Waals surface area contributed by atoms with Crippen molar-refractivity contribution in [1.29, 1.82) is 0 Å². The molecular formula is C7H8BrZn. The van der Waals surface area contributed by atoms with Crippen molar-refractivity contribution in [3.8, 4) is 0 Å². The van der Waals surface area contributed by atoms with E-state index in [1.807, 2.05) is 0 Å². The molecule has 0 atom stereocenters. The van der Waals surface area contributed by atoms with Gasteiger partial charge in [0, 0.05) is 0 Å². The summed E-state index contributed by atoms with van der Waals surface area (Å²) in [5.41, 5.74) is 2.33. The summed E-state index contributed by atoms with van der Waals surface area (Å²) in [6, 6.07) is 10.7. The van der Waals surface area contributed by atoms with Crippen molar-refractivity contribution >= 4 is 17.8 Å². The summed E-state index contributed by atoms with van der Waals surface area (Å²) in [6.45, 7) is 0. The first-order valence-electron chi connectivity index (χ1n) is 3.24. The average Bonchev–Trinajstić information content (AvgIpc) is 1.90. The molecular weight excluding hydrogens is 229 g/mol. The Labute approximate surface area is 67.5 Å². The molecule has 0 aromatic heterocycles. The van der Waals surface area contributed by atoms with Gasteiger partial charge in [-0.05, 0) is 0 Å². The number of benzene rings is 1. The van der Waals surface area contributed by atoms with Gasteiger partial charge in [0.2, 0.25) is 0 Å². The zero-order valence-corrected chi connectivity index (χ0v) is 10.0. The predicted octanol–water partition coefficient (Wildman–Crippen LogP) is 2.29. The fourth-order valence-corrected chi connectivity index (χ4v) is 4.68. The molecule has 0 fully saturated rings. The molecule has 0 aliphatic carbocycles. The summed E-state index contributed by atoms with van der Waals surface area (Å²) in [4.78, 5) is 0. The normalized spacial score (nSPS) is 9.11. The Morgan fingerprint density at radius 1 is 1.22 bits per heavy atom. The third kappa shape index (κ3) is 2.19. The standard InChI is InChI=1S/C6H5.CH3.BrH.Zn/c1-2-4-6-5-3-1;;;/h1-5H;1H3;1H;/q;;;+1/p-1. The zero-order valence-electron chi connectivity index (χ0n) is 5.47. The van der Waals surface area contributed by atoms with Crippen LogP contribution in [0.5, 0.6) is 0 Å². The topological polar surface area (TPSA) is 0 Å². The third-order valence-corrected chi connectivity index (χ3v) is 8.12. The summed E-state index contributed by atoms with van der Waals surface area (Å²) >= 11 is 2.38. The van der Waals surface area contributed by atoms with Crippen molar-refractivity contribution < 1.29 is 14.0 Å². The van der Waals surface area contributed by atoms with Crippen molar-refractivity contribution in [2.75, 3.05) is 0 Å². The quantitative estimate of drug-likeness (QED) is 0.658. The van der Waals surface area contributed by atoms with Gasteiger partial charge in [-0.25, -0.2) is 0 Å². The van der Waals surface area contributed by atoms with Crippen LogP contribution in [-0.2, 0) is 14.0 Å². The van der Waals surface area contributed by atoms with Crippen molar-refractivity contribution in [3.05, 3.63) is 30.3 Å². The van der Waals surface area contributed by atoms with Gasteiger partial charge in [0.1, 0.15) is 0 Å². The van der Waals surface area contributed by atoms with Gasteiger partial charge in [0.15, 0.2) is 0 Å². The van der Waals surface area contributed by atoms with E-state index < -0.39 is 14.0 Å². The predicted molar refractivity (Wildman–Crippen MR) is 40.9 cm³/mol. The van der Waals surface area contributed by atoms with Crippen LogP contribution in [0.3, 0.4) is 0 Å². The van der Waals surface area contributed by atoms with Gasteiger partial charge >= 0.3 is 67.6 Å². The van der Waals surface area contributed by atoms with Gasteiger partial charge in [-0.3, -0.25) is 0 Å². The maximum absolute atomic E-state index is 3.69. The number of rotatable bonds is 1. The number of hydrogen-bond acceptors (Lipinski definition) is 0. The minimum atomic E-state index is -1.31. The van der Waals surface area contributed by atoms with Gasteiger partial charge in [-0.15, -0.1) is 0 Å². The summed E-state index contributed by atoms with van der Waals surface area (Å²) in [5, 5.41) is 0. The van der Waals surface area contributed by atoms with Crippen LogP contribution in [0.1, 0.15) is 0 Å². The van der Waals surface area contributed by atoms with E-state index in [4.69, 9.17) is 0 Å². The van der Waals surface area contributed by atoms with Crippen LogP contribution < -0.4 is 4.16 Å². The Morgan fingerprint density at radius 2 is 1.78 bits per heavy atom. The van der Waals surface area contributed by atoms with E-state index >= 15 is 0 Å². The molecule has 0 amide bonds. The van der Waals surface area contributed by atoms with E-state index in [1.54, 1.807) is 0 Å². The average molecular weight is 237 g/mol. The second-order valence-corrected chi connectivity index (χ2v) is 15.9. The van der Waals surface area contributed by atoms with Gasteiger partial charge in [-0.1, -0.05) is 0 Å². The molecule has 0 saturated heterocycles. The molecule has 0 bridgehead atoms. The van der Waals surface area contributed by atoms with Gasteiger partial charge in [0.25, 0.3) is 0 Å². The van der Waals surface area contributed by atoms with Gasteiger partial charge in [-0.2, -0.15) is 0 Å². The van der Waals surface area contributed by atoms with Crippen LogP contribution in [0.15, 0.2) is 30.3 Å². The molecule has 0 heterocycles. The van der Waals surface area contributed by atoms with Crippen LogP contribution in [0.25, 0.3) is 0 Å². The fourth-order valence-electron chi connectivity index (χ4n) is 0.803. The van der Waals surface area contributed by atoms with Gasteiger partial charge in [0.05, 0.1) is 0 Å². The van der Waals surface area contributed by atoms with Gasteiger partial charge < -0.3 is 0 Å². The van der Waals surface area contributed by atoms with E-state index in [0.29, 0.717) is 0 Å². The number of hydrogen-bond donors (Lipinski definition) is 0. The van der Waals surface area contributed by atoms with Crippen LogP contribution in [0.2, 0.25) is 5.52 Å². The molecule has 0 nitrogen and oxygen atoms in total. The van der Waals surface area contributed by atoms with Crippen molar-refractivity contribution in [1.82, 2.24) is 0 Å². The molecule has 0 spiro atoms. The molecule has 0 radical (unpaired) electrons. The van der Waals surface area contributed by atoms with E-state index in [9.17, 15) is 0 Å². The summed E-state index contributed by atoms with van der Waals surface area (Å²) in [7, 11) is 0. The van der Waals surface area contributed by atoms with E-state index in [2.05, 4.69) is 49.5 Å². The Kier molecular flexibility index (Phi) is 2.87. The van der Waals surface area contributed by atoms with E-state index in [1.165, 1.54) is 4.16 Å². The van der Waals surface area contributed by atoms with Crippen molar-refractivity contribution in [2.24, 2.45) is 0 Å². The Hall–Kier alpha value is 0.323. The molecule has 0 saturated carbocycles. The number of halogens is 1. The third-order valence-electron chi connectivity index (χ3n) is 1.41. The van der Waals surface area contributed by atoms with Crippen LogP contribution in [0.4, 0.5) is 0 Å². The Balaban J connectivity index is 2.85. The second-order valence-electron chi connectivity index (χ2n) is 2.24. The molecule has 2 heteroatoms. The first-order chi connectivity index (χ1) is 4.30. The summed E-state index contributed by atoms with van der Waals surface area (Å²) in [5.74, 6) is 0. The van der Waals surface area contributed by atoms with E-state index in [-0.39, 0.29) is 0 Å². The first kappa shape index (κ1) is 7.43. The minimum absolute atomic E-state index is 1.31. The van der Waals surface area contributed by atoms with Crippen LogP contribution in [0, 0.1) is 0 Å². The first-order valence-corrected chi connectivity index (χ1v) is 14.6. The van der Waals surface area contributed by atoms with Crippen molar-refractivity contribution in [3.63, 3.8) is 0 Å². The fraction of sp³-hybridized carbons (Fsp3) is 0.143. The summed E-state index contributed by atoms with van der Waals surface area (Å²) in [6.07, 6.45) is 0. The molecule has 0 aliphatic rings. The van der Waals surface area contributed by atoms with Crippen LogP contribution >= 0.6 is 13.6 Å². The van der Waals surface area contributed by atoms with Crippen LogP contribution in [-0.4, -0.2) is 0 Å². The molecule has 0 unspecified atom stereocenters. The monoisotopic (exact) mass is 235 g/mol. The van der Waals surface area contributed by atoms with E-state index in [0.717, 1.165) is 0 Å². The SMILES string of the molecule is [CH3][Zn]([Br])[c]1ccccc1. The Morgan fingerprint density at radius 3 is 2.11 bits per heavy atom. The molecule has 1 rings (SSSR count).